The molecule has 1 aliphatic rings. The van der Waals surface area contributed by atoms with Gasteiger partial charge in [-0.3, -0.25) is 4.90 Å². The van der Waals surface area contributed by atoms with E-state index < -0.39 is 15.8 Å². The first kappa shape index (κ1) is 25.3. The first-order chi connectivity index (χ1) is 19.3. The van der Waals surface area contributed by atoms with Gasteiger partial charge in [0.25, 0.3) is 0 Å². The third-order valence-electron chi connectivity index (χ3n) is 6.70. The second-order valence-corrected chi connectivity index (χ2v) is 13.9. The monoisotopic (exact) mass is 540 g/mol. The Bertz CT molecular complexity index is 1410. The number of hydrogen-bond donors (Lipinski definition) is 1. The van der Waals surface area contributed by atoms with Crippen LogP contribution in [-0.4, -0.2) is 0 Å². The summed E-state index contributed by atoms with van der Waals surface area (Å²) < 4.78 is 0. The number of anilines is 1. The van der Waals surface area contributed by atoms with Gasteiger partial charge in [-0.05, 0) is 56.1 Å². The van der Waals surface area contributed by atoms with Gasteiger partial charge < -0.3 is 5.32 Å². The van der Waals surface area contributed by atoms with Gasteiger partial charge in [-0.1, -0.05) is 140 Å². The van der Waals surface area contributed by atoms with E-state index in [0.717, 1.165) is 11.5 Å². The van der Waals surface area contributed by atoms with E-state index in [1.807, 2.05) is 0 Å². The van der Waals surface area contributed by atoms with Crippen molar-refractivity contribution in [1.82, 2.24) is 5.32 Å². The maximum atomic E-state index is 3.77. The topological polar surface area (TPSA) is 15.3 Å². The van der Waals surface area contributed by atoms with Gasteiger partial charge in [0.2, 0.25) is 0 Å². The summed E-state index contributed by atoms with van der Waals surface area (Å²) in [4.78, 5) is 2.40. The molecular formula is C35H30N2P2. The summed E-state index contributed by atoms with van der Waals surface area (Å²) in [6.45, 7) is 2.19. The van der Waals surface area contributed by atoms with Crippen LogP contribution in [0.3, 0.4) is 0 Å². The number of nitrogens with one attached hydrogen (secondary N) is 1. The van der Waals surface area contributed by atoms with E-state index in [1.165, 1.54) is 32.0 Å². The van der Waals surface area contributed by atoms with E-state index in [-0.39, 0.29) is 0 Å². The molecular weight excluding hydrogens is 510 g/mol. The minimum atomic E-state index is -0.877. The van der Waals surface area contributed by atoms with Crippen LogP contribution in [0.4, 0.5) is 5.69 Å². The van der Waals surface area contributed by atoms with E-state index in [2.05, 4.69) is 175 Å². The Labute approximate surface area is 233 Å². The van der Waals surface area contributed by atoms with Gasteiger partial charge in [-0.25, -0.2) is 0 Å². The summed E-state index contributed by atoms with van der Waals surface area (Å²) in [7, 11) is -1.75. The average molecular weight is 541 g/mol. The Kier molecular flexibility index (Phi) is 7.68. The predicted molar refractivity (Wildman–Crippen MR) is 171 cm³/mol. The van der Waals surface area contributed by atoms with E-state index in [4.69, 9.17) is 0 Å². The van der Waals surface area contributed by atoms with Crippen LogP contribution < -0.4 is 31.4 Å². The van der Waals surface area contributed by atoms with Gasteiger partial charge in [0.1, 0.15) is 5.82 Å². The van der Waals surface area contributed by atoms with Crippen LogP contribution in [0.5, 0.6) is 0 Å². The van der Waals surface area contributed by atoms with Crippen LogP contribution >= 0.6 is 15.8 Å². The highest BCUT2D eigenvalue weighted by Crippen LogP contribution is 2.62. The molecule has 2 nitrogen and oxygen atoms in total. The highest BCUT2D eigenvalue weighted by molar-refractivity contribution is 7.94. The van der Waals surface area contributed by atoms with E-state index in [9.17, 15) is 0 Å². The summed E-state index contributed by atoms with van der Waals surface area (Å²) in [6, 6.07) is 54.9. The highest BCUT2D eigenvalue weighted by Gasteiger charge is 2.35. The third kappa shape index (κ3) is 5.32. The molecule has 0 aromatic heterocycles. The lowest BCUT2D eigenvalue weighted by Gasteiger charge is -2.34. The standard InChI is InChI=1S/C35H30N2P2/c1-28-27-36-34(37(28)29-17-7-2-8-18-29)35(38(30-19-9-3-10-20-30)31-21-11-4-12-22-31)39(32-23-13-5-14-24-32)33-25-15-6-16-26-33/h2-27,36H,1H3. The molecule has 0 saturated carbocycles. The summed E-state index contributed by atoms with van der Waals surface area (Å²) in [5.74, 6) is 1.16. The number of rotatable bonds is 7. The van der Waals surface area contributed by atoms with Crippen LogP contribution in [0.1, 0.15) is 6.92 Å². The van der Waals surface area contributed by atoms with Gasteiger partial charge in [-0.2, -0.15) is 0 Å². The second-order valence-electron chi connectivity index (χ2n) is 9.29. The highest BCUT2D eigenvalue weighted by atomic mass is 31.2. The molecule has 4 heteroatoms. The maximum absolute atomic E-state index is 3.77. The molecule has 0 bridgehead atoms. The van der Waals surface area contributed by atoms with E-state index in [0.29, 0.717) is 0 Å². The molecule has 39 heavy (non-hydrogen) atoms. The fourth-order valence-electron chi connectivity index (χ4n) is 4.96. The van der Waals surface area contributed by atoms with Crippen molar-refractivity contribution in [3.05, 3.63) is 174 Å². The Morgan fingerprint density at radius 1 is 0.487 bits per heavy atom. The predicted octanol–water partition coefficient (Wildman–Crippen LogP) is 7.35. The Hall–Kier alpha value is -3.96. The van der Waals surface area contributed by atoms with Crippen molar-refractivity contribution in [3.63, 3.8) is 0 Å². The van der Waals surface area contributed by atoms with Gasteiger partial charge in [-0.15, -0.1) is 0 Å². The molecule has 0 fully saturated rings. The van der Waals surface area contributed by atoms with Crippen molar-refractivity contribution in [1.29, 1.82) is 0 Å². The van der Waals surface area contributed by atoms with Gasteiger partial charge >= 0.3 is 0 Å². The molecule has 6 rings (SSSR count). The van der Waals surface area contributed by atoms with Gasteiger partial charge in [0, 0.05) is 22.6 Å². The number of benzene rings is 5. The number of hydrogen-bond acceptors (Lipinski definition) is 2. The van der Waals surface area contributed by atoms with E-state index in [1.54, 1.807) is 0 Å². The summed E-state index contributed by atoms with van der Waals surface area (Å²) in [5, 5.41) is 10.6. The lowest BCUT2D eigenvalue weighted by atomic mass is 10.3. The SMILES string of the molecule is CC1=CNC(=C(P(c2ccccc2)c2ccccc2)P(c2ccccc2)c2ccccc2)N1c1ccccc1. The summed E-state index contributed by atoms with van der Waals surface area (Å²) in [6.07, 6.45) is 2.15. The molecule has 1 heterocycles. The summed E-state index contributed by atoms with van der Waals surface area (Å²) in [5.41, 5.74) is 2.34. The lowest BCUT2D eigenvalue weighted by molar-refractivity contribution is 1.03. The fourth-order valence-corrected chi connectivity index (χ4v) is 11.4. The zero-order valence-electron chi connectivity index (χ0n) is 21.9. The third-order valence-corrected chi connectivity index (χ3v) is 12.4. The minimum absolute atomic E-state index is 0.877. The molecule has 190 valence electrons. The Balaban J connectivity index is 1.70. The molecule has 5 aromatic carbocycles. The van der Waals surface area contributed by atoms with Crippen molar-refractivity contribution in [2.24, 2.45) is 0 Å². The molecule has 0 aliphatic carbocycles. The molecule has 1 N–H and O–H groups in total. The summed E-state index contributed by atoms with van der Waals surface area (Å²) >= 11 is 0. The molecule has 0 amide bonds. The van der Waals surface area contributed by atoms with E-state index >= 15 is 0 Å². The Morgan fingerprint density at radius 3 is 1.18 bits per heavy atom. The van der Waals surface area contributed by atoms with Crippen molar-refractivity contribution in [3.8, 4) is 0 Å². The van der Waals surface area contributed by atoms with Crippen LogP contribution in [0, 0.1) is 0 Å². The number of allylic oxidation sites excluding steroid dienone is 1. The zero-order valence-corrected chi connectivity index (χ0v) is 23.6. The van der Waals surface area contributed by atoms with Crippen molar-refractivity contribution in [2.75, 3.05) is 4.90 Å². The number of para-hydroxylation sites is 1. The van der Waals surface area contributed by atoms with Gasteiger partial charge in [0.05, 0.1) is 0 Å². The molecule has 0 spiro atoms. The van der Waals surface area contributed by atoms with Crippen LogP contribution in [-0.2, 0) is 0 Å². The Morgan fingerprint density at radius 2 is 0.821 bits per heavy atom. The lowest BCUT2D eigenvalue weighted by Crippen LogP contribution is -2.27. The molecule has 0 saturated heterocycles. The average Bonchev–Trinajstić information content (AvgIpc) is 3.40. The first-order valence-corrected chi connectivity index (χ1v) is 15.8. The molecule has 0 unspecified atom stereocenters. The molecule has 1 aliphatic heterocycles. The van der Waals surface area contributed by atoms with Crippen LogP contribution in [0.2, 0.25) is 0 Å². The quantitative estimate of drug-likeness (QED) is 0.217. The molecule has 0 radical (unpaired) electrons. The smallest absolute Gasteiger partial charge is 0.124 e. The van der Waals surface area contributed by atoms with Crippen LogP contribution in [0.25, 0.3) is 0 Å². The van der Waals surface area contributed by atoms with Crippen molar-refractivity contribution < 1.29 is 0 Å². The van der Waals surface area contributed by atoms with Crippen molar-refractivity contribution >= 4 is 42.7 Å². The normalized spacial score (nSPS) is 12.9. The van der Waals surface area contributed by atoms with Gasteiger partial charge in [0.15, 0.2) is 0 Å². The first-order valence-electron chi connectivity index (χ1n) is 13.1. The molecule has 0 atom stereocenters. The second kappa shape index (κ2) is 11.8. The minimum Gasteiger partial charge on any atom is -0.345 e. The zero-order chi connectivity index (χ0) is 26.4. The van der Waals surface area contributed by atoms with Crippen molar-refractivity contribution in [2.45, 2.75) is 6.92 Å². The largest absolute Gasteiger partial charge is 0.345 e. The number of nitrogens with zero attached hydrogens (tertiary/aromatic N) is 1. The van der Waals surface area contributed by atoms with Crippen LogP contribution in [0.15, 0.2) is 174 Å². The molecule has 5 aromatic rings. The fraction of sp³-hybridized carbons (Fsp3) is 0.0286. The maximum Gasteiger partial charge on any atom is 0.124 e.